The summed E-state index contributed by atoms with van der Waals surface area (Å²) >= 11 is 0. The van der Waals surface area contributed by atoms with E-state index in [9.17, 15) is 0 Å². The van der Waals surface area contributed by atoms with Gasteiger partial charge in [0, 0.05) is 37.9 Å². The minimum atomic E-state index is 0.372. The van der Waals surface area contributed by atoms with Gasteiger partial charge in [-0.2, -0.15) is 20.1 Å². The third-order valence-electron chi connectivity index (χ3n) is 5.11. The number of piperazine rings is 1. The molecule has 1 aliphatic heterocycles. The normalized spacial score (nSPS) is 15.3. The zero-order valence-corrected chi connectivity index (χ0v) is 17.7. The minimum absolute atomic E-state index is 0.372. The molecule has 1 aromatic carbocycles. The standard InChI is InChI=1S/C22H28N8/c1-16(2)18-15-20(28-27-18)24-21-23-19(10-9-17-7-5-4-6-8-17)25-22(26-21)30-13-11-29(3)12-14-30/h4-10,15-16H,11-14H2,1-3H3,(H2,23,24,25,26,27,28)/b10-9+. The second-order valence-electron chi connectivity index (χ2n) is 7.84. The predicted molar refractivity (Wildman–Crippen MR) is 121 cm³/mol. The Balaban J connectivity index is 1.62. The van der Waals surface area contributed by atoms with E-state index >= 15 is 0 Å². The summed E-state index contributed by atoms with van der Waals surface area (Å²) in [6, 6.07) is 12.1. The van der Waals surface area contributed by atoms with Crippen LogP contribution in [-0.2, 0) is 0 Å². The third-order valence-corrected chi connectivity index (χ3v) is 5.11. The van der Waals surface area contributed by atoms with Crippen molar-refractivity contribution < 1.29 is 0 Å². The SMILES string of the molecule is CC(C)c1cc(Nc2nc(/C=C/c3ccccc3)nc(N3CCN(C)CC3)n2)n[nH]1. The van der Waals surface area contributed by atoms with Gasteiger partial charge in [-0.1, -0.05) is 50.3 Å². The van der Waals surface area contributed by atoms with E-state index in [0.29, 0.717) is 29.5 Å². The van der Waals surface area contributed by atoms with Crippen molar-refractivity contribution in [2.24, 2.45) is 0 Å². The van der Waals surface area contributed by atoms with E-state index in [4.69, 9.17) is 4.98 Å². The molecule has 0 atom stereocenters. The highest BCUT2D eigenvalue weighted by atomic mass is 15.3. The van der Waals surface area contributed by atoms with Crippen molar-refractivity contribution in [1.29, 1.82) is 0 Å². The van der Waals surface area contributed by atoms with Crippen LogP contribution in [0, 0.1) is 0 Å². The van der Waals surface area contributed by atoms with Gasteiger partial charge in [0.2, 0.25) is 11.9 Å². The lowest BCUT2D eigenvalue weighted by Gasteiger charge is -2.32. The Morgan fingerprint density at radius 2 is 1.77 bits per heavy atom. The molecule has 8 heteroatoms. The number of aromatic nitrogens is 5. The van der Waals surface area contributed by atoms with Gasteiger partial charge in [-0.3, -0.25) is 5.10 Å². The van der Waals surface area contributed by atoms with Gasteiger partial charge in [0.25, 0.3) is 0 Å². The van der Waals surface area contributed by atoms with Crippen LogP contribution >= 0.6 is 0 Å². The molecule has 0 amide bonds. The number of likely N-dealkylation sites (N-methyl/N-ethyl adjacent to an activating group) is 1. The first-order valence-electron chi connectivity index (χ1n) is 10.3. The lowest BCUT2D eigenvalue weighted by molar-refractivity contribution is 0.311. The summed E-state index contributed by atoms with van der Waals surface area (Å²) in [4.78, 5) is 18.5. The molecular formula is C22H28N8. The smallest absolute Gasteiger partial charge is 0.233 e. The molecule has 0 spiro atoms. The Bertz CT molecular complexity index is 987. The lowest BCUT2D eigenvalue weighted by Crippen LogP contribution is -2.45. The van der Waals surface area contributed by atoms with Gasteiger partial charge in [0.15, 0.2) is 11.6 Å². The van der Waals surface area contributed by atoms with Crippen molar-refractivity contribution in [3.63, 3.8) is 0 Å². The number of aromatic amines is 1. The summed E-state index contributed by atoms with van der Waals surface area (Å²) in [5, 5.41) is 10.6. The highest BCUT2D eigenvalue weighted by Crippen LogP contribution is 2.20. The largest absolute Gasteiger partial charge is 0.338 e. The number of hydrogen-bond acceptors (Lipinski definition) is 7. The third kappa shape index (κ3) is 5.01. The fraction of sp³-hybridized carbons (Fsp3) is 0.364. The monoisotopic (exact) mass is 404 g/mol. The zero-order chi connectivity index (χ0) is 20.9. The van der Waals surface area contributed by atoms with Crippen LogP contribution in [0.15, 0.2) is 36.4 Å². The number of hydrogen-bond donors (Lipinski definition) is 2. The summed E-state index contributed by atoms with van der Waals surface area (Å²) in [5.74, 6) is 2.87. The molecule has 30 heavy (non-hydrogen) atoms. The van der Waals surface area contributed by atoms with Crippen molar-refractivity contribution in [2.45, 2.75) is 19.8 Å². The highest BCUT2D eigenvalue weighted by Gasteiger charge is 2.18. The average molecular weight is 405 g/mol. The van der Waals surface area contributed by atoms with E-state index in [1.807, 2.05) is 36.4 Å². The molecule has 3 aromatic rings. The Kier molecular flexibility index (Phi) is 6.04. The molecule has 8 nitrogen and oxygen atoms in total. The first-order valence-corrected chi connectivity index (χ1v) is 10.3. The van der Waals surface area contributed by atoms with E-state index in [1.165, 1.54) is 0 Å². The number of nitrogens with one attached hydrogen (secondary N) is 2. The van der Waals surface area contributed by atoms with Crippen LogP contribution in [0.4, 0.5) is 17.7 Å². The summed E-state index contributed by atoms with van der Waals surface area (Å²) in [6.45, 7) is 8.00. The van der Waals surface area contributed by atoms with E-state index in [-0.39, 0.29) is 0 Å². The zero-order valence-electron chi connectivity index (χ0n) is 17.7. The first kappa shape index (κ1) is 20.0. The van der Waals surface area contributed by atoms with Crippen molar-refractivity contribution in [3.8, 4) is 0 Å². The van der Waals surface area contributed by atoms with Crippen LogP contribution in [-0.4, -0.2) is 63.3 Å². The number of nitrogens with zero attached hydrogens (tertiary/aromatic N) is 6. The van der Waals surface area contributed by atoms with Crippen molar-refractivity contribution in [1.82, 2.24) is 30.0 Å². The number of benzene rings is 1. The van der Waals surface area contributed by atoms with E-state index in [2.05, 4.69) is 68.3 Å². The molecule has 0 unspecified atom stereocenters. The van der Waals surface area contributed by atoms with Crippen LogP contribution in [0.1, 0.15) is 36.8 Å². The van der Waals surface area contributed by atoms with Crippen LogP contribution < -0.4 is 10.2 Å². The van der Waals surface area contributed by atoms with Gasteiger partial charge in [-0.25, -0.2) is 0 Å². The molecule has 4 rings (SSSR count). The first-order chi connectivity index (χ1) is 14.6. The van der Waals surface area contributed by atoms with Gasteiger partial charge in [0.1, 0.15) is 0 Å². The van der Waals surface area contributed by atoms with Gasteiger partial charge in [-0.15, -0.1) is 0 Å². The van der Waals surface area contributed by atoms with Crippen molar-refractivity contribution >= 4 is 29.9 Å². The molecule has 0 aliphatic carbocycles. The average Bonchev–Trinajstić information content (AvgIpc) is 3.22. The maximum atomic E-state index is 4.70. The Morgan fingerprint density at radius 3 is 2.47 bits per heavy atom. The summed E-state index contributed by atoms with van der Waals surface area (Å²) in [7, 11) is 2.13. The molecule has 1 fully saturated rings. The molecule has 0 saturated carbocycles. The summed E-state index contributed by atoms with van der Waals surface area (Å²) < 4.78 is 0. The van der Waals surface area contributed by atoms with Crippen LogP contribution in [0.5, 0.6) is 0 Å². The Morgan fingerprint density at radius 1 is 1.00 bits per heavy atom. The molecule has 1 saturated heterocycles. The number of rotatable bonds is 6. The molecule has 0 bridgehead atoms. The van der Waals surface area contributed by atoms with E-state index in [1.54, 1.807) is 0 Å². The van der Waals surface area contributed by atoms with Gasteiger partial charge in [-0.05, 0) is 24.6 Å². The quantitative estimate of drug-likeness (QED) is 0.651. The van der Waals surface area contributed by atoms with Crippen LogP contribution in [0.3, 0.4) is 0 Å². The molecule has 2 N–H and O–H groups in total. The Hall–Kier alpha value is -3.26. The van der Waals surface area contributed by atoms with Crippen molar-refractivity contribution in [2.75, 3.05) is 43.4 Å². The summed E-state index contributed by atoms with van der Waals surface area (Å²) in [5.41, 5.74) is 2.16. The molecule has 3 heterocycles. The highest BCUT2D eigenvalue weighted by molar-refractivity contribution is 5.67. The maximum absolute atomic E-state index is 4.70. The topological polar surface area (TPSA) is 85.9 Å². The van der Waals surface area contributed by atoms with Crippen LogP contribution in [0.25, 0.3) is 12.2 Å². The van der Waals surface area contributed by atoms with E-state index in [0.717, 1.165) is 37.4 Å². The number of anilines is 3. The van der Waals surface area contributed by atoms with Crippen LogP contribution in [0.2, 0.25) is 0 Å². The molecule has 0 radical (unpaired) electrons. The second kappa shape index (κ2) is 9.04. The fourth-order valence-electron chi connectivity index (χ4n) is 3.20. The number of H-pyrrole nitrogens is 1. The second-order valence-corrected chi connectivity index (χ2v) is 7.84. The van der Waals surface area contributed by atoms with E-state index < -0.39 is 0 Å². The lowest BCUT2D eigenvalue weighted by atomic mass is 10.1. The van der Waals surface area contributed by atoms with Gasteiger partial charge >= 0.3 is 0 Å². The Labute approximate surface area is 177 Å². The molecular weight excluding hydrogens is 376 g/mol. The van der Waals surface area contributed by atoms with Gasteiger partial charge in [0.05, 0.1) is 0 Å². The predicted octanol–water partition coefficient (Wildman–Crippen LogP) is 3.38. The maximum Gasteiger partial charge on any atom is 0.233 e. The fourth-order valence-corrected chi connectivity index (χ4v) is 3.20. The van der Waals surface area contributed by atoms with Gasteiger partial charge < -0.3 is 15.1 Å². The molecule has 156 valence electrons. The minimum Gasteiger partial charge on any atom is -0.338 e. The summed E-state index contributed by atoms with van der Waals surface area (Å²) in [6.07, 6.45) is 3.93. The van der Waals surface area contributed by atoms with Crippen molar-refractivity contribution in [3.05, 3.63) is 53.5 Å². The molecule has 2 aromatic heterocycles. The molecule has 1 aliphatic rings.